The third kappa shape index (κ3) is 3.18. The van der Waals surface area contributed by atoms with Crippen LogP contribution in [0.15, 0.2) is 18.3 Å². The number of nitrogens with zero attached hydrogens (tertiary/aromatic N) is 2. The van der Waals surface area contributed by atoms with Crippen molar-refractivity contribution in [1.82, 2.24) is 15.3 Å². The molecule has 0 fully saturated rings. The van der Waals surface area contributed by atoms with Crippen LogP contribution in [0.5, 0.6) is 0 Å². The predicted octanol–water partition coefficient (Wildman–Crippen LogP) is 1.78. The first-order valence-electron chi connectivity index (χ1n) is 5.88. The fraction of sp³-hybridized carbons (Fsp3) is 0.231. The Kier molecular flexibility index (Phi) is 4.09. The molecule has 2 N–H and O–H groups in total. The Morgan fingerprint density at radius 1 is 1.35 bits per heavy atom. The van der Waals surface area contributed by atoms with E-state index >= 15 is 0 Å². The lowest BCUT2D eigenvalue weighted by Gasteiger charge is -2.05. The molecule has 104 valence electrons. The lowest BCUT2D eigenvalue weighted by molar-refractivity contribution is 0.0694. The molecule has 0 aliphatic heterocycles. The van der Waals surface area contributed by atoms with Crippen LogP contribution in [0.25, 0.3) is 0 Å². The van der Waals surface area contributed by atoms with Crippen molar-refractivity contribution in [2.75, 3.05) is 0 Å². The van der Waals surface area contributed by atoms with Crippen molar-refractivity contribution in [2.45, 2.75) is 20.4 Å². The summed E-state index contributed by atoms with van der Waals surface area (Å²) in [5, 5.41) is 12.4. The average Bonchev–Trinajstić information content (AvgIpc) is 2.81. The maximum absolute atomic E-state index is 11.9. The van der Waals surface area contributed by atoms with E-state index in [0.29, 0.717) is 12.2 Å². The average molecular weight is 291 g/mol. The minimum atomic E-state index is -1.06. The first-order chi connectivity index (χ1) is 9.47. The van der Waals surface area contributed by atoms with Gasteiger partial charge in [0.2, 0.25) is 0 Å². The topological polar surface area (TPSA) is 92.2 Å². The zero-order valence-electron chi connectivity index (χ0n) is 11.0. The standard InChI is InChI=1S/C13H13N3O3S/c1-7-5-14-11(20-7)6-15-12(17)10-4-3-9(13(18)19)8(2)16-10/h3-5H,6H2,1-2H3,(H,15,17)(H,18,19). The smallest absolute Gasteiger partial charge is 0.337 e. The number of hydrogen-bond donors (Lipinski definition) is 2. The molecule has 0 saturated heterocycles. The summed E-state index contributed by atoms with van der Waals surface area (Å²) in [4.78, 5) is 32.0. The van der Waals surface area contributed by atoms with E-state index in [4.69, 9.17) is 5.11 Å². The van der Waals surface area contributed by atoms with Crippen LogP contribution in [-0.2, 0) is 6.54 Å². The van der Waals surface area contributed by atoms with Crippen LogP contribution in [0.1, 0.15) is 36.4 Å². The highest BCUT2D eigenvalue weighted by atomic mass is 32.1. The number of aromatic carboxylic acids is 1. The molecular formula is C13H13N3O3S. The molecule has 0 spiro atoms. The third-order valence-corrected chi connectivity index (χ3v) is 3.53. The summed E-state index contributed by atoms with van der Waals surface area (Å²) in [7, 11) is 0. The fourth-order valence-corrected chi connectivity index (χ4v) is 2.37. The summed E-state index contributed by atoms with van der Waals surface area (Å²) in [6.45, 7) is 3.84. The van der Waals surface area contributed by atoms with E-state index in [1.165, 1.54) is 23.5 Å². The van der Waals surface area contributed by atoms with E-state index < -0.39 is 5.97 Å². The number of amides is 1. The largest absolute Gasteiger partial charge is 0.478 e. The summed E-state index contributed by atoms with van der Waals surface area (Å²) in [6.07, 6.45) is 1.75. The van der Waals surface area contributed by atoms with Crippen LogP contribution in [-0.4, -0.2) is 27.0 Å². The maximum Gasteiger partial charge on any atom is 0.337 e. The molecule has 7 heteroatoms. The van der Waals surface area contributed by atoms with E-state index in [1.807, 2.05) is 6.92 Å². The van der Waals surface area contributed by atoms with Gasteiger partial charge in [0.1, 0.15) is 10.7 Å². The van der Waals surface area contributed by atoms with Crippen LogP contribution in [0.3, 0.4) is 0 Å². The number of hydrogen-bond acceptors (Lipinski definition) is 5. The van der Waals surface area contributed by atoms with Gasteiger partial charge in [0.15, 0.2) is 0 Å². The molecular weight excluding hydrogens is 278 g/mol. The Hall–Kier alpha value is -2.28. The summed E-state index contributed by atoms with van der Waals surface area (Å²) in [5.41, 5.74) is 0.605. The van der Waals surface area contributed by atoms with Gasteiger partial charge in [-0.25, -0.2) is 14.8 Å². The van der Waals surface area contributed by atoms with Gasteiger partial charge in [0.05, 0.1) is 17.8 Å². The Morgan fingerprint density at radius 3 is 2.65 bits per heavy atom. The van der Waals surface area contributed by atoms with Gasteiger partial charge >= 0.3 is 5.97 Å². The van der Waals surface area contributed by atoms with Crippen LogP contribution >= 0.6 is 11.3 Å². The molecule has 0 bridgehead atoms. The fourth-order valence-electron chi connectivity index (χ4n) is 1.64. The molecule has 0 radical (unpaired) electrons. The Balaban J connectivity index is 2.06. The lowest BCUT2D eigenvalue weighted by Crippen LogP contribution is -2.24. The number of aryl methyl sites for hydroxylation is 2. The highest BCUT2D eigenvalue weighted by molar-refractivity contribution is 7.11. The van der Waals surface area contributed by atoms with Gasteiger partial charge in [0.25, 0.3) is 5.91 Å². The predicted molar refractivity (Wildman–Crippen MR) is 74.0 cm³/mol. The molecule has 6 nitrogen and oxygen atoms in total. The number of carbonyl (C=O) groups is 2. The quantitative estimate of drug-likeness (QED) is 0.895. The van der Waals surface area contributed by atoms with E-state index in [-0.39, 0.29) is 17.2 Å². The highest BCUT2D eigenvalue weighted by Crippen LogP contribution is 2.11. The highest BCUT2D eigenvalue weighted by Gasteiger charge is 2.13. The molecule has 2 aromatic heterocycles. The third-order valence-electron chi connectivity index (χ3n) is 2.62. The monoisotopic (exact) mass is 291 g/mol. The number of carboxylic acids is 1. The number of nitrogens with one attached hydrogen (secondary N) is 1. The van der Waals surface area contributed by atoms with Crippen LogP contribution in [0.2, 0.25) is 0 Å². The number of pyridine rings is 1. The van der Waals surface area contributed by atoms with Crippen molar-refractivity contribution >= 4 is 23.2 Å². The molecule has 20 heavy (non-hydrogen) atoms. The first-order valence-corrected chi connectivity index (χ1v) is 6.69. The molecule has 2 heterocycles. The molecule has 1 amide bonds. The number of carbonyl (C=O) groups excluding carboxylic acids is 1. The second-order valence-electron chi connectivity index (χ2n) is 4.18. The lowest BCUT2D eigenvalue weighted by atomic mass is 10.2. The summed E-state index contributed by atoms with van der Waals surface area (Å²) in [6, 6.07) is 2.78. The van der Waals surface area contributed by atoms with Gasteiger partial charge < -0.3 is 10.4 Å². The van der Waals surface area contributed by atoms with Crippen LogP contribution in [0.4, 0.5) is 0 Å². The molecule has 0 aromatic carbocycles. The van der Waals surface area contributed by atoms with Crippen LogP contribution < -0.4 is 5.32 Å². The van der Waals surface area contributed by atoms with Crippen molar-refractivity contribution in [3.63, 3.8) is 0 Å². The van der Waals surface area contributed by atoms with Crippen molar-refractivity contribution in [2.24, 2.45) is 0 Å². The maximum atomic E-state index is 11.9. The van der Waals surface area contributed by atoms with E-state index in [0.717, 1.165) is 9.88 Å². The summed E-state index contributed by atoms with van der Waals surface area (Å²) < 4.78 is 0. The summed E-state index contributed by atoms with van der Waals surface area (Å²) in [5.74, 6) is -1.40. The van der Waals surface area contributed by atoms with Crippen molar-refractivity contribution in [1.29, 1.82) is 0 Å². The minimum absolute atomic E-state index is 0.0945. The zero-order valence-corrected chi connectivity index (χ0v) is 11.8. The van der Waals surface area contributed by atoms with Gasteiger partial charge in [-0.3, -0.25) is 4.79 Å². The SMILES string of the molecule is Cc1cnc(CNC(=O)c2ccc(C(=O)O)c(C)n2)s1. The van der Waals surface area contributed by atoms with Crippen LogP contribution in [0, 0.1) is 13.8 Å². The van der Waals surface area contributed by atoms with Crippen molar-refractivity contribution in [3.05, 3.63) is 45.2 Å². The van der Waals surface area contributed by atoms with E-state index in [1.54, 1.807) is 13.1 Å². The molecule has 0 aliphatic carbocycles. The zero-order chi connectivity index (χ0) is 14.7. The Bertz CT molecular complexity index is 667. The first kappa shape index (κ1) is 14.1. The molecule has 2 aromatic rings. The van der Waals surface area contributed by atoms with Crippen molar-refractivity contribution < 1.29 is 14.7 Å². The number of carboxylic acid groups (broad SMARTS) is 1. The second kappa shape index (κ2) is 5.79. The van der Waals surface area contributed by atoms with E-state index in [9.17, 15) is 9.59 Å². The Labute approximate surface area is 119 Å². The Morgan fingerprint density at radius 2 is 2.10 bits per heavy atom. The molecule has 2 rings (SSSR count). The van der Waals surface area contributed by atoms with Gasteiger partial charge in [0, 0.05) is 11.1 Å². The molecule has 0 aliphatic rings. The van der Waals surface area contributed by atoms with Gasteiger partial charge in [-0.05, 0) is 26.0 Å². The number of thiazole rings is 1. The van der Waals surface area contributed by atoms with Crippen molar-refractivity contribution in [3.8, 4) is 0 Å². The van der Waals surface area contributed by atoms with E-state index in [2.05, 4.69) is 15.3 Å². The van der Waals surface area contributed by atoms with Gasteiger partial charge in [-0.2, -0.15) is 0 Å². The molecule has 0 saturated carbocycles. The molecule has 0 unspecified atom stereocenters. The normalized spacial score (nSPS) is 10.3. The molecule has 0 atom stereocenters. The summed E-state index contributed by atoms with van der Waals surface area (Å²) >= 11 is 1.51. The minimum Gasteiger partial charge on any atom is -0.478 e. The number of rotatable bonds is 4. The van der Waals surface area contributed by atoms with Gasteiger partial charge in [-0.15, -0.1) is 11.3 Å². The second-order valence-corrected chi connectivity index (χ2v) is 5.50. The van der Waals surface area contributed by atoms with Gasteiger partial charge in [-0.1, -0.05) is 0 Å². The number of aromatic nitrogens is 2.